The molecule has 0 radical (unpaired) electrons. The van der Waals surface area contributed by atoms with Crippen molar-refractivity contribution in [1.29, 1.82) is 0 Å². The highest BCUT2D eigenvalue weighted by atomic mass is 19.1. The number of para-hydroxylation sites is 1. The van der Waals surface area contributed by atoms with Crippen molar-refractivity contribution in [3.8, 4) is 0 Å². The monoisotopic (exact) mass is 431 g/mol. The van der Waals surface area contributed by atoms with Crippen LogP contribution in [0.1, 0.15) is 42.4 Å². The number of amides is 1. The number of halogens is 1. The van der Waals surface area contributed by atoms with Gasteiger partial charge in [-0.05, 0) is 68.7 Å². The Morgan fingerprint density at radius 2 is 2.06 bits per heavy atom. The van der Waals surface area contributed by atoms with E-state index in [9.17, 15) is 9.18 Å². The Hall–Kier alpha value is -3.54. The first kappa shape index (κ1) is 20.4. The van der Waals surface area contributed by atoms with Crippen LogP contribution in [-0.4, -0.2) is 28.4 Å². The minimum absolute atomic E-state index is 0.0190. The first-order valence-corrected chi connectivity index (χ1v) is 11.1. The number of aromatic nitrogens is 1. The summed E-state index contributed by atoms with van der Waals surface area (Å²) in [6.07, 6.45) is 5.04. The van der Waals surface area contributed by atoms with Crippen LogP contribution in [0.5, 0.6) is 0 Å². The lowest BCUT2D eigenvalue weighted by Gasteiger charge is -2.32. The van der Waals surface area contributed by atoms with Gasteiger partial charge in [-0.25, -0.2) is 4.39 Å². The van der Waals surface area contributed by atoms with Crippen molar-refractivity contribution >= 4 is 27.8 Å². The van der Waals surface area contributed by atoms with Crippen LogP contribution in [0.4, 0.5) is 4.39 Å². The summed E-state index contributed by atoms with van der Waals surface area (Å²) in [6.45, 7) is 3.18. The SMILES string of the molecule is CCN(C(=O)c1cc2ccccc2[nH]1)[C@@H]1C=C(NCc2cc3cc(F)ccc3o2)CCC1. The summed E-state index contributed by atoms with van der Waals surface area (Å²) >= 11 is 0. The van der Waals surface area contributed by atoms with Crippen molar-refractivity contribution in [3.05, 3.63) is 83.6 Å². The molecule has 0 bridgehead atoms. The number of hydrogen-bond donors (Lipinski definition) is 2. The van der Waals surface area contributed by atoms with E-state index in [0.29, 0.717) is 24.4 Å². The smallest absolute Gasteiger partial charge is 0.270 e. The number of hydrogen-bond acceptors (Lipinski definition) is 3. The molecule has 2 heterocycles. The second-order valence-corrected chi connectivity index (χ2v) is 8.26. The number of nitrogens with zero attached hydrogens (tertiary/aromatic N) is 1. The lowest BCUT2D eigenvalue weighted by Crippen LogP contribution is -2.41. The summed E-state index contributed by atoms with van der Waals surface area (Å²) in [6, 6.07) is 16.3. The molecule has 0 spiro atoms. The second kappa shape index (κ2) is 8.54. The van der Waals surface area contributed by atoms with Crippen LogP contribution in [0.25, 0.3) is 21.9 Å². The molecular weight excluding hydrogens is 405 g/mol. The van der Waals surface area contributed by atoms with Gasteiger partial charge < -0.3 is 19.6 Å². The van der Waals surface area contributed by atoms with Crippen LogP contribution < -0.4 is 5.32 Å². The van der Waals surface area contributed by atoms with Crippen LogP contribution in [-0.2, 0) is 6.54 Å². The fourth-order valence-electron chi connectivity index (χ4n) is 4.52. The molecule has 0 saturated heterocycles. The normalized spacial score (nSPS) is 16.3. The predicted octanol–water partition coefficient (Wildman–Crippen LogP) is 5.74. The van der Waals surface area contributed by atoms with E-state index in [1.165, 1.54) is 12.1 Å². The first-order valence-electron chi connectivity index (χ1n) is 11.1. The van der Waals surface area contributed by atoms with Crippen LogP contribution in [0.3, 0.4) is 0 Å². The molecule has 0 aliphatic heterocycles. The Bertz CT molecular complexity index is 1270. The molecule has 164 valence electrons. The first-order chi connectivity index (χ1) is 15.6. The minimum Gasteiger partial charge on any atom is -0.459 e. The van der Waals surface area contributed by atoms with Crippen LogP contribution in [0.2, 0.25) is 0 Å². The third kappa shape index (κ3) is 4.00. The molecule has 0 saturated carbocycles. The molecule has 1 aliphatic carbocycles. The Morgan fingerprint density at radius 1 is 1.19 bits per heavy atom. The molecular formula is C26H26FN3O2. The van der Waals surface area contributed by atoms with E-state index in [1.807, 2.05) is 48.2 Å². The Morgan fingerprint density at radius 3 is 2.91 bits per heavy atom. The van der Waals surface area contributed by atoms with E-state index in [0.717, 1.165) is 47.0 Å². The third-order valence-corrected chi connectivity index (χ3v) is 6.12. The topological polar surface area (TPSA) is 61.3 Å². The summed E-state index contributed by atoms with van der Waals surface area (Å²) < 4.78 is 19.2. The molecule has 2 N–H and O–H groups in total. The van der Waals surface area contributed by atoms with Crippen molar-refractivity contribution in [3.63, 3.8) is 0 Å². The van der Waals surface area contributed by atoms with Crippen molar-refractivity contribution in [2.75, 3.05) is 6.54 Å². The van der Waals surface area contributed by atoms with Gasteiger partial charge in [0.05, 0.1) is 12.6 Å². The van der Waals surface area contributed by atoms with Gasteiger partial charge in [-0.15, -0.1) is 0 Å². The van der Waals surface area contributed by atoms with Crippen LogP contribution in [0, 0.1) is 5.82 Å². The number of benzene rings is 2. The molecule has 2 aromatic carbocycles. The molecule has 0 unspecified atom stereocenters. The molecule has 1 aliphatic rings. The van der Waals surface area contributed by atoms with E-state index in [-0.39, 0.29) is 17.8 Å². The van der Waals surface area contributed by atoms with Gasteiger partial charge in [-0.2, -0.15) is 0 Å². The zero-order valence-electron chi connectivity index (χ0n) is 18.0. The van der Waals surface area contributed by atoms with Crippen molar-refractivity contribution in [1.82, 2.24) is 15.2 Å². The largest absolute Gasteiger partial charge is 0.459 e. The van der Waals surface area contributed by atoms with Gasteiger partial charge in [0.25, 0.3) is 5.91 Å². The van der Waals surface area contributed by atoms with Gasteiger partial charge in [-0.3, -0.25) is 4.79 Å². The molecule has 0 fully saturated rings. The number of H-pyrrole nitrogens is 1. The Balaban J connectivity index is 1.30. The standard InChI is InChI=1S/C26H26FN3O2/c1-2-30(26(31)24-14-17-6-3-4-9-23(17)29-24)21-8-5-7-20(15-21)28-16-22-13-18-12-19(27)10-11-25(18)32-22/h3-4,6,9-15,21,28-29H,2,5,7-8,16H2,1H3/t21-/m0/s1. The molecule has 1 atom stereocenters. The average molecular weight is 432 g/mol. The Kier molecular flexibility index (Phi) is 5.43. The number of allylic oxidation sites excluding steroid dienone is 1. The number of fused-ring (bicyclic) bond motifs is 2. The lowest BCUT2D eigenvalue weighted by molar-refractivity contribution is 0.0706. The zero-order chi connectivity index (χ0) is 22.1. The van der Waals surface area contributed by atoms with Crippen molar-refractivity contribution in [2.45, 2.75) is 38.8 Å². The van der Waals surface area contributed by atoms with E-state index >= 15 is 0 Å². The number of carbonyl (C=O) groups is 1. The van der Waals surface area contributed by atoms with Crippen LogP contribution in [0.15, 0.2) is 70.8 Å². The summed E-state index contributed by atoms with van der Waals surface area (Å²) in [4.78, 5) is 18.4. The van der Waals surface area contributed by atoms with Gasteiger partial charge >= 0.3 is 0 Å². The summed E-state index contributed by atoms with van der Waals surface area (Å²) in [5.74, 6) is 0.510. The fraction of sp³-hybridized carbons (Fsp3) is 0.269. The van der Waals surface area contributed by atoms with Gasteiger partial charge in [0.1, 0.15) is 22.9 Å². The van der Waals surface area contributed by atoms with E-state index in [1.54, 1.807) is 6.07 Å². The minimum atomic E-state index is -0.269. The number of carbonyl (C=O) groups excluding carboxylic acids is 1. The summed E-state index contributed by atoms with van der Waals surface area (Å²) in [7, 11) is 0. The number of nitrogens with one attached hydrogen (secondary N) is 2. The molecule has 5 rings (SSSR count). The van der Waals surface area contributed by atoms with Crippen molar-refractivity contribution in [2.24, 2.45) is 0 Å². The van der Waals surface area contributed by atoms with E-state index in [4.69, 9.17) is 4.42 Å². The second-order valence-electron chi connectivity index (χ2n) is 8.26. The van der Waals surface area contributed by atoms with Gasteiger partial charge in [0, 0.05) is 28.5 Å². The molecule has 2 aromatic heterocycles. The fourth-order valence-corrected chi connectivity index (χ4v) is 4.52. The van der Waals surface area contributed by atoms with Gasteiger partial charge in [0.2, 0.25) is 0 Å². The molecule has 32 heavy (non-hydrogen) atoms. The maximum absolute atomic E-state index is 13.4. The molecule has 6 heteroatoms. The average Bonchev–Trinajstić information content (AvgIpc) is 3.42. The number of furan rings is 1. The zero-order valence-corrected chi connectivity index (χ0v) is 18.0. The maximum atomic E-state index is 13.4. The van der Waals surface area contributed by atoms with Crippen molar-refractivity contribution < 1.29 is 13.6 Å². The summed E-state index contributed by atoms with van der Waals surface area (Å²) in [5, 5.41) is 5.25. The predicted molar refractivity (Wildman–Crippen MR) is 124 cm³/mol. The lowest BCUT2D eigenvalue weighted by atomic mass is 9.98. The Labute approximate surface area is 185 Å². The number of aromatic amines is 1. The van der Waals surface area contributed by atoms with Gasteiger partial charge in [0.15, 0.2) is 0 Å². The molecule has 5 nitrogen and oxygen atoms in total. The molecule has 1 amide bonds. The van der Waals surface area contributed by atoms with E-state index < -0.39 is 0 Å². The number of rotatable bonds is 6. The van der Waals surface area contributed by atoms with Crippen LogP contribution >= 0.6 is 0 Å². The highest BCUT2D eigenvalue weighted by Gasteiger charge is 2.25. The maximum Gasteiger partial charge on any atom is 0.270 e. The molecule has 4 aromatic rings. The highest BCUT2D eigenvalue weighted by molar-refractivity contribution is 5.98. The van der Waals surface area contributed by atoms with Gasteiger partial charge in [-0.1, -0.05) is 18.2 Å². The number of likely N-dealkylation sites (N-methyl/N-ethyl adjacent to an activating group) is 1. The van der Waals surface area contributed by atoms with E-state index in [2.05, 4.69) is 16.4 Å². The third-order valence-electron chi connectivity index (χ3n) is 6.12. The highest BCUT2D eigenvalue weighted by Crippen LogP contribution is 2.25. The quantitative estimate of drug-likeness (QED) is 0.409. The summed E-state index contributed by atoms with van der Waals surface area (Å²) in [5.41, 5.74) is 3.38.